The molecule has 0 amide bonds. The van der Waals surface area contributed by atoms with Crippen LogP contribution in [0, 0.1) is 10.1 Å². The van der Waals surface area contributed by atoms with Crippen LogP contribution >= 0.6 is 11.6 Å². The Morgan fingerprint density at radius 2 is 1.80 bits per heavy atom. The predicted molar refractivity (Wildman–Crippen MR) is 132 cm³/mol. The lowest BCUT2D eigenvalue weighted by atomic mass is 9.88. The number of hydrogen-bond acceptors (Lipinski definition) is 6. The minimum atomic E-state index is -0.591. The van der Waals surface area contributed by atoms with Crippen molar-refractivity contribution in [2.24, 2.45) is 0 Å². The van der Waals surface area contributed by atoms with E-state index in [1.807, 2.05) is 30.3 Å². The van der Waals surface area contributed by atoms with Crippen molar-refractivity contribution in [1.82, 2.24) is 4.98 Å². The third-order valence-electron chi connectivity index (χ3n) is 5.86. The van der Waals surface area contributed by atoms with Crippen LogP contribution in [0.2, 0.25) is 0 Å². The van der Waals surface area contributed by atoms with Crippen molar-refractivity contribution in [2.45, 2.75) is 12.8 Å². The summed E-state index contributed by atoms with van der Waals surface area (Å²) < 4.78 is 10.9. The van der Waals surface area contributed by atoms with Crippen LogP contribution in [-0.4, -0.2) is 28.9 Å². The predicted octanol–water partition coefficient (Wildman–Crippen LogP) is 5.14. The van der Waals surface area contributed by atoms with E-state index in [0.717, 1.165) is 6.08 Å². The number of carbonyl (C=O) groups is 1. The summed E-state index contributed by atoms with van der Waals surface area (Å²) in [5.74, 6) is 0.0325. The van der Waals surface area contributed by atoms with Gasteiger partial charge in [-0.1, -0.05) is 41.9 Å². The average Bonchev–Trinajstić information content (AvgIpc) is 2.86. The Labute approximate surface area is 204 Å². The van der Waals surface area contributed by atoms with E-state index in [1.165, 1.54) is 18.2 Å². The Balaban J connectivity index is 1.63. The van der Waals surface area contributed by atoms with Crippen molar-refractivity contribution in [2.75, 3.05) is 13.2 Å². The lowest BCUT2D eigenvalue weighted by molar-refractivity contribution is -0.385. The number of nitrogens with zero attached hydrogens (tertiary/aromatic N) is 1. The Hall–Kier alpha value is -4.17. The quantitative estimate of drug-likeness (QED) is 0.229. The summed E-state index contributed by atoms with van der Waals surface area (Å²) in [5, 5.41) is 12.3. The van der Waals surface area contributed by atoms with Crippen molar-refractivity contribution in [3.05, 3.63) is 96.4 Å². The molecular formula is C26H19ClN2O6. The second-order valence-corrected chi connectivity index (χ2v) is 8.55. The molecule has 0 saturated heterocycles. The first-order chi connectivity index (χ1) is 16.9. The first-order valence-electron chi connectivity index (χ1n) is 10.9. The van der Waals surface area contributed by atoms with Gasteiger partial charge in [-0.25, -0.2) is 0 Å². The van der Waals surface area contributed by atoms with Gasteiger partial charge < -0.3 is 14.5 Å². The molecule has 0 saturated carbocycles. The molecule has 176 valence electrons. The van der Waals surface area contributed by atoms with E-state index in [1.54, 1.807) is 6.08 Å². The molecule has 0 spiro atoms. The number of halogens is 1. The maximum absolute atomic E-state index is 13.4. The number of nitro groups is 1. The number of H-pyrrole nitrogens is 1. The molecule has 5 rings (SSSR count). The van der Waals surface area contributed by atoms with Gasteiger partial charge in [0.2, 0.25) is 0 Å². The van der Waals surface area contributed by atoms with Gasteiger partial charge >= 0.3 is 0 Å². The number of nitrogens with one attached hydrogen (secondary N) is 1. The standard InChI is InChI=1S/C26H19ClN2O6/c27-17-7-8-19-18(13-17)24(15-4-2-1-3-5-15)25(26(31)28-19)21(30)9-6-16-12-22-23(35-11-10-34-22)14-20(16)29(32)33/h1-6,9,12-14H,7-8,10-11H2,(H,28,31). The van der Waals surface area contributed by atoms with Gasteiger partial charge in [-0.2, -0.15) is 0 Å². The number of nitro benzene ring substituents is 1. The molecule has 0 bridgehead atoms. The number of pyridine rings is 1. The molecular weight excluding hydrogens is 472 g/mol. The van der Waals surface area contributed by atoms with E-state index < -0.39 is 16.3 Å². The lowest BCUT2D eigenvalue weighted by Gasteiger charge is -2.19. The minimum Gasteiger partial charge on any atom is -0.486 e. The highest BCUT2D eigenvalue weighted by atomic mass is 35.5. The molecule has 2 aliphatic rings. The van der Waals surface area contributed by atoms with Gasteiger partial charge in [0.15, 0.2) is 17.3 Å². The normalized spacial score (nSPS) is 14.4. The minimum absolute atomic E-state index is 0.0611. The summed E-state index contributed by atoms with van der Waals surface area (Å²) in [6, 6.07) is 11.8. The highest BCUT2D eigenvalue weighted by molar-refractivity contribution is 6.32. The molecule has 3 aromatic rings. The Kier molecular flexibility index (Phi) is 5.96. The third-order valence-corrected chi connectivity index (χ3v) is 6.16. The second-order valence-electron chi connectivity index (χ2n) is 8.06. The number of aromatic nitrogens is 1. The molecule has 0 unspecified atom stereocenters. The van der Waals surface area contributed by atoms with Crippen LogP contribution in [0.25, 0.3) is 23.3 Å². The van der Waals surface area contributed by atoms with Crippen molar-refractivity contribution >= 4 is 35.2 Å². The van der Waals surface area contributed by atoms with Gasteiger partial charge in [-0.15, -0.1) is 0 Å². The molecule has 2 heterocycles. The fourth-order valence-corrected chi connectivity index (χ4v) is 4.47. The van der Waals surface area contributed by atoms with Crippen LogP contribution < -0.4 is 15.0 Å². The SMILES string of the molecule is O=C(C=Cc1cc2c(cc1[N+](=O)[O-])OCCO2)c1c(-c2ccccc2)c2c([nH]c1=O)CCC(Cl)=C2. The highest BCUT2D eigenvalue weighted by Gasteiger charge is 2.25. The summed E-state index contributed by atoms with van der Waals surface area (Å²) in [6.45, 7) is 0.605. The van der Waals surface area contributed by atoms with Crippen molar-refractivity contribution < 1.29 is 19.2 Å². The van der Waals surface area contributed by atoms with Crippen molar-refractivity contribution in [1.29, 1.82) is 0 Å². The molecule has 0 atom stereocenters. The number of ether oxygens (including phenoxy) is 2. The fourth-order valence-electron chi connectivity index (χ4n) is 4.27. The fraction of sp³-hybridized carbons (Fsp3) is 0.154. The number of benzene rings is 2. The van der Waals surface area contributed by atoms with E-state index in [2.05, 4.69) is 4.98 Å². The summed E-state index contributed by atoms with van der Waals surface area (Å²) in [7, 11) is 0. The molecule has 1 aromatic heterocycles. The van der Waals surface area contributed by atoms with E-state index in [9.17, 15) is 19.7 Å². The number of aryl methyl sites for hydroxylation is 1. The van der Waals surface area contributed by atoms with Crippen LogP contribution in [0.4, 0.5) is 5.69 Å². The number of ketones is 1. The second kappa shape index (κ2) is 9.23. The Bertz CT molecular complexity index is 1470. The zero-order valence-electron chi connectivity index (χ0n) is 18.4. The van der Waals surface area contributed by atoms with Gasteiger partial charge in [0.25, 0.3) is 11.2 Å². The van der Waals surface area contributed by atoms with Crippen LogP contribution in [0.15, 0.2) is 58.4 Å². The Morgan fingerprint density at radius 1 is 1.09 bits per heavy atom. The smallest absolute Gasteiger partial charge is 0.280 e. The van der Waals surface area contributed by atoms with Gasteiger partial charge in [0, 0.05) is 21.9 Å². The lowest BCUT2D eigenvalue weighted by Crippen LogP contribution is -2.22. The van der Waals surface area contributed by atoms with Crippen molar-refractivity contribution in [3.8, 4) is 22.6 Å². The summed E-state index contributed by atoms with van der Waals surface area (Å²) in [4.78, 5) is 40.3. The number of rotatable bonds is 5. The van der Waals surface area contributed by atoms with Gasteiger partial charge in [-0.3, -0.25) is 19.7 Å². The molecule has 0 fully saturated rings. The van der Waals surface area contributed by atoms with Crippen LogP contribution in [0.1, 0.15) is 33.6 Å². The maximum atomic E-state index is 13.4. The molecule has 9 heteroatoms. The topological polar surface area (TPSA) is 112 Å². The number of aromatic amines is 1. The first-order valence-corrected chi connectivity index (χ1v) is 11.3. The van der Waals surface area contributed by atoms with Crippen LogP contribution in [0.3, 0.4) is 0 Å². The van der Waals surface area contributed by atoms with Crippen molar-refractivity contribution in [3.63, 3.8) is 0 Å². The number of carbonyl (C=O) groups excluding carboxylic acids is 1. The van der Waals surface area contributed by atoms with E-state index in [0.29, 0.717) is 59.2 Å². The van der Waals surface area contributed by atoms with E-state index in [-0.39, 0.29) is 22.6 Å². The number of fused-ring (bicyclic) bond motifs is 2. The van der Waals surface area contributed by atoms with E-state index in [4.69, 9.17) is 21.1 Å². The summed E-state index contributed by atoms with van der Waals surface area (Å²) in [6.07, 6.45) is 5.39. The molecule has 1 aliphatic carbocycles. The maximum Gasteiger partial charge on any atom is 0.280 e. The Morgan fingerprint density at radius 3 is 2.51 bits per heavy atom. The van der Waals surface area contributed by atoms with Crippen LogP contribution in [0.5, 0.6) is 11.5 Å². The number of hydrogen-bond donors (Lipinski definition) is 1. The zero-order valence-corrected chi connectivity index (χ0v) is 19.1. The van der Waals surface area contributed by atoms with Gasteiger partial charge in [0.1, 0.15) is 13.2 Å². The monoisotopic (exact) mass is 490 g/mol. The molecule has 35 heavy (non-hydrogen) atoms. The number of allylic oxidation sites excluding steroid dienone is 2. The third kappa shape index (κ3) is 4.36. The molecule has 1 aliphatic heterocycles. The molecule has 2 aromatic carbocycles. The molecule has 0 radical (unpaired) electrons. The highest BCUT2D eigenvalue weighted by Crippen LogP contribution is 2.38. The van der Waals surface area contributed by atoms with Gasteiger partial charge in [-0.05, 0) is 42.7 Å². The summed E-state index contributed by atoms with van der Waals surface area (Å²) in [5.41, 5.74) is 1.90. The van der Waals surface area contributed by atoms with Crippen LogP contribution in [-0.2, 0) is 6.42 Å². The molecule has 1 N–H and O–H groups in total. The van der Waals surface area contributed by atoms with E-state index >= 15 is 0 Å². The zero-order chi connectivity index (χ0) is 24.5. The average molecular weight is 491 g/mol. The summed E-state index contributed by atoms with van der Waals surface area (Å²) >= 11 is 6.31. The molecule has 8 nitrogen and oxygen atoms in total. The van der Waals surface area contributed by atoms with Gasteiger partial charge in [0.05, 0.1) is 22.1 Å². The first kappa shape index (κ1) is 22.6. The largest absolute Gasteiger partial charge is 0.486 e.